The molecule has 0 aromatic heterocycles. The van der Waals surface area contributed by atoms with Gasteiger partial charge in [0.1, 0.15) is 5.75 Å². The summed E-state index contributed by atoms with van der Waals surface area (Å²) in [5, 5.41) is 0. The number of nitrogens with zero attached hydrogens (tertiary/aromatic N) is 1. The van der Waals surface area contributed by atoms with E-state index in [1.807, 2.05) is 54.7 Å². The molecule has 0 N–H and O–H groups in total. The first-order chi connectivity index (χ1) is 12.2. The molecule has 0 unspecified atom stereocenters. The largest absolute Gasteiger partial charge is 0.423 e. The molecule has 0 radical (unpaired) electrons. The van der Waals surface area contributed by atoms with E-state index in [1.54, 1.807) is 24.3 Å². The van der Waals surface area contributed by atoms with E-state index < -0.39 is 0 Å². The standard InChI is InChI=1S/C22H19NO2/c1-17(19-8-4-2-5-9-19)23-16-18-12-14-21(15-13-18)25-22(24)20-10-6-3-7-11-20/h2-17H,1H3/t17-/m0/s1. The number of rotatable bonds is 5. The highest BCUT2D eigenvalue weighted by molar-refractivity contribution is 5.91. The van der Waals surface area contributed by atoms with E-state index in [2.05, 4.69) is 24.0 Å². The van der Waals surface area contributed by atoms with Crippen molar-refractivity contribution in [2.24, 2.45) is 4.99 Å². The smallest absolute Gasteiger partial charge is 0.343 e. The second-order valence-corrected chi connectivity index (χ2v) is 5.69. The summed E-state index contributed by atoms with van der Waals surface area (Å²) >= 11 is 0. The number of esters is 1. The number of carbonyl (C=O) groups excluding carboxylic acids is 1. The number of benzene rings is 3. The maximum absolute atomic E-state index is 12.0. The molecule has 3 rings (SSSR count). The van der Waals surface area contributed by atoms with Crippen LogP contribution in [0.4, 0.5) is 0 Å². The highest BCUT2D eigenvalue weighted by Gasteiger charge is 2.07. The number of hydrogen-bond acceptors (Lipinski definition) is 3. The lowest BCUT2D eigenvalue weighted by atomic mass is 10.1. The Bertz CT molecular complexity index is 840. The maximum atomic E-state index is 12.0. The Morgan fingerprint density at radius 1 is 0.880 bits per heavy atom. The fraction of sp³-hybridized carbons (Fsp3) is 0.0909. The Hall–Kier alpha value is -3.20. The van der Waals surface area contributed by atoms with Crippen LogP contribution in [-0.2, 0) is 0 Å². The van der Waals surface area contributed by atoms with Gasteiger partial charge in [-0.25, -0.2) is 4.79 Å². The highest BCUT2D eigenvalue weighted by Crippen LogP contribution is 2.17. The molecule has 3 aromatic carbocycles. The average molecular weight is 329 g/mol. The molecule has 0 heterocycles. The molecule has 0 aliphatic carbocycles. The summed E-state index contributed by atoms with van der Waals surface area (Å²) in [5.74, 6) is 0.154. The topological polar surface area (TPSA) is 38.7 Å². The molecular formula is C22H19NO2. The van der Waals surface area contributed by atoms with Gasteiger partial charge < -0.3 is 4.74 Å². The summed E-state index contributed by atoms with van der Waals surface area (Å²) in [6.45, 7) is 2.06. The van der Waals surface area contributed by atoms with Crippen LogP contribution in [0.5, 0.6) is 5.75 Å². The zero-order valence-corrected chi connectivity index (χ0v) is 14.0. The van der Waals surface area contributed by atoms with Gasteiger partial charge in [-0.2, -0.15) is 0 Å². The van der Waals surface area contributed by atoms with Gasteiger partial charge in [-0.3, -0.25) is 4.99 Å². The van der Waals surface area contributed by atoms with Crippen LogP contribution in [0.1, 0.15) is 34.5 Å². The molecule has 0 aliphatic rings. The van der Waals surface area contributed by atoms with Gasteiger partial charge in [-0.1, -0.05) is 48.5 Å². The van der Waals surface area contributed by atoms with Crippen molar-refractivity contribution in [2.75, 3.05) is 0 Å². The summed E-state index contributed by atoms with van der Waals surface area (Å²) in [6, 6.07) is 26.5. The monoisotopic (exact) mass is 329 g/mol. The van der Waals surface area contributed by atoms with Crippen molar-refractivity contribution in [3.05, 3.63) is 102 Å². The third-order valence-electron chi connectivity index (χ3n) is 3.83. The van der Waals surface area contributed by atoms with Gasteiger partial charge in [-0.05, 0) is 54.4 Å². The third-order valence-corrected chi connectivity index (χ3v) is 3.83. The van der Waals surface area contributed by atoms with E-state index in [-0.39, 0.29) is 12.0 Å². The molecule has 124 valence electrons. The average Bonchev–Trinajstić information content (AvgIpc) is 2.68. The molecule has 3 heteroatoms. The second kappa shape index (κ2) is 8.06. The second-order valence-electron chi connectivity index (χ2n) is 5.69. The van der Waals surface area contributed by atoms with Gasteiger partial charge >= 0.3 is 5.97 Å². The highest BCUT2D eigenvalue weighted by atomic mass is 16.5. The van der Waals surface area contributed by atoms with E-state index in [4.69, 9.17) is 4.74 Å². The first kappa shape index (κ1) is 16.7. The number of ether oxygens (including phenoxy) is 1. The van der Waals surface area contributed by atoms with E-state index >= 15 is 0 Å². The van der Waals surface area contributed by atoms with Crippen LogP contribution in [0.25, 0.3) is 0 Å². The molecule has 3 nitrogen and oxygen atoms in total. The minimum Gasteiger partial charge on any atom is -0.423 e. The van der Waals surface area contributed by atoms with Gasteiger partial charge in [0.25, 0.3) is 0 Å². The van der Waals surface area contributed by atoms with E-state index in [0.717, 1.165) is 5.56 Å². The lowest BCUT2D eigenvalue weighted by Crippen LogP contribution is -2.08. The first-order valence-corrected chi connectivity index (χ1v) is 8.18. The molecule has 1 atom stereocenters. The van der Waals surface area contributed by atoms with E-state index in [0.29, 0.717) is 11.3 Å². The van der Waals surface area contributed by atoms with Gasteiger partial charge in [0.15, 0.2) is 0 Å². The minimum absolute atomic E-state index is 0.0942. The molecule has 0 saturated carbocycles. The third kappa shape index (κ3) is 4.64. The van der Waals surface area contributed by atoms with Gasteiger partial charge in [0.05, 0.1) is 11.6 Å². The first-order valence-electron chi connectivity index (χ1n) is 8.18. The summed E-state index contributed by atoms with van der Waals surface area (Å²) in [5.41, 5.74) is 2.67. The lowest BCUT2D eigenvalue weighted by molar-refractivity contribution is 0.0735. The molecule has 0 saturated heterocycles. The molecule has 0 spiro atoms. The zero-order valence-electron chi connectivity index (χ0n) is 14.0. The lowest BCUT2D eigenvalue weighted by Gasteiger charge is -2.06. The summed E-state index contributed by atoms with van der Waals surface area (Å²) in [6.07, 6.45) is 1.83. The number of aliphatic imine (C=N–C) groups is 1. The van der Waals surface area contributed by atoms with Crippen molar-refractivity contribution < 1.29 is 9.53 Å². The fourth-order valence-electron chi connectivity index (χ4n) is 2.38. The quantitative estimate of drug-likeness (QED) is 0.372. The van der Waals surface area contributed by atoms with Crippen LogP contribution >= 0.6 is 0 Å². The Labute approximate surface area is 147 Å². The normalized spacial score (nSPS) is 12.0. The van der Waals surface area contributed by atoms with Crippen molar-refractivity contribution in [1.29, 1.82) is 0 Å². The Morgan fingerprint density at radius 2 is 1.48 bits per heavy atom. The van der Waals surface area contributed by atoms with Crippen molar-refractivity contribution in [3.63, 3.8) is 0 Å². The van der Waals surface area contributed by atoms with Crippen LogP contribution in [0.2, 0.25) is 0 Å². The van der Waals surface area contributed by atoms with Crippen molar-refractivity contribution in [1.82, 2.24) is 0 Å². The molecule has 3 aromatic rings. The van der Waals surface area contributed by atoms with Crippen molar-refractivity contribution >= 4 is 12.2 Å². The van der Waals surface area contributed by atoms with Gasteiger partial charge in [0.2, 0.25) is 0 Å². The predicted octanol–water partition coefficient (Wildman–Crippen LogP) is 5.09. The molecule has 0 fully saturated rings. The Balaban J connectivity index is 1.62. The van der Waals surface area contributed by atoms with E-state index in [1.165, 1.54) is 5.56 Å². The molecule has 0 bridgehead atoms. The minimum atomic E-state index is -0.361. The summed E-state index contributed by atoms with van der Waals surface area (Å²) in [4.78, 5) is 16.6. The van der Waals surface area contributed by atoms with Crippen molar-refractivity contribution in [3.8, 4) is 5.75 Å². The van der Waals surface area contributed by atoms with Crippen LogP contribution in [-0.4, -0.2) is 12.2 Å². The SMILES string of the molecule is C[C@H](N=Cc1ccc(OC(=O)c2ccccc2)cc1)c1ccccc1. The molecule has 25 heavy (non-hydrogen) atoms. The van der Waals surface area contributed by atoms with Crippen molar-refractivity contribution in [2.45, 2.75) is 13.0 Å². The molecular weight excluding hydrogens is 310 g/mol. The van der Waals surface area contributed by atoms with Crippen LogP contribution in [0, 0.1) is 0 Å². The van der Waals surface area contributed by atoms with Gasteiger partial charge in [0, 0.05) is 6.21 Å². The Kier molecular flexibility index (Phi) is 5.37. The van der Waals surface area contributed by atoms with E-state index in [9.17, 15) is 4.79 Å². The molecule has 0 aliphatic heterocycles. The summed E-state index contributed by atoms with van der Waals surface area (Å²) < 4.78 is 5.37. The summed E-state index contributed by atoms with van der Waals surface area (Å²) in [7, 11) is 0. The predicted molar refractivity (Wildman–Crippen MR) is 100 cm³/mol. The van der Waals surface area contributed by atoms with Crippen LogP contribution in [0.3, 0.4) is 0 Å². The number of carbonyl (C=O) groups is 1. The maximum Gasteiger partial charge on any atom is 0.343 e. The van der Waals surface area contributed by atoms with Crippen LogP contribution in [0.15, 0.2) is 89.9 Å². The zero-order chi connectivity index (χ0) is 17.5. The van der Waals surface area contributed by atoms with Crippen LogP contribution < -0.4 is 4.74 Å². The molecule has 0 amide bonds. The fourth-order valence-corrected chi connectivity index (χ4v) is 2.38. The Morgan fingerprint density at radius 3 is 2.12 bits per heavy atom. The van der Waals surface area contributed by atoms with Gasteiger partial charge in [-0.15, -0.1) is 0 Å². The number of hydrogen-bond donors (Lipinski definition) is 0.